The minimum Gasteiger partial charge on any atom is -0.487 e. The van der Waals surface area contributed by atoms with Crippen molar-refractivity contribution >= 4 is 28.8 Å². The highest BCUT2D eigenvalue weighted by molar-refractivity contribution is 6.04. The van der Waals surface area contributed by atoms with E-state index in [2.05, 4.69) is 16.9 Å². The molecule has 0 radical (unpaired) electrons. The molecular weight excluding hydrogens is 526 g/mol. The standard InChI is InChI=1S/C30H37N5O6/c1-4-26(36)34-10-6-5-7-23(19-34)35-27-21(3)28-25(40-15-13-38-11-12-39-14-16-41-28)18-24(27)32-30(35)33-29(37)22-8-9-31-20(2)17-22/h4,8-9,17-18,23H,1,5-7,10-16,19H2,2-3H3,(H,32,33,37). The molecule has 5 rings (SSSR count). The largest absolute Gasteiger partial charge is 0.487 e. The van der Waals surface area contributed by atoms with Crippen LogP contribution in [0.25, 0.3) is 11.0 Å². The number of likely N-dealkylation sites (tertiary alicyclic amines) is 1. The van der Waals surface area contributed by atoms with Crippen molar-refractivity contribution in [2.24, 2.45) is 0 Å². The molecule has 0 aliphatic carbocycles. The number of aromatic nitrogens is 3. The van der Waals surface area contributed by atoms with Crippen molar-refractivity contribution < 1.29 is 28.5 Å². The fraction of sp³-hybridized carbons (Fsp3) is 0.467. The van der Waals surface area contributed by atoms with E-state index in [1.54, 1.807) is 18.3 Å². The quantitative estimate of drug-likeness (QED) is 0.476. The minimum absolute atomic E-state index is 0.112. The Morgan fingerprint density at radius 3 is 2.56 bits per heavy atom. The number of benzene rings is 1. The van der Waals surface area contributed by atoms with E-state index >= 15 is 0 Å². The highest BCUT2D eigenvalue weighted by Gasteiger charge is 2.29. The van der Waals surface area contributed by atoms with Crippen molar-refractivity contribution in [1.82, 2.24) is 19.4 Å². The molecule has 4 heterocycles. The summed E-state index contributed by atoms with van der Waals surface area (Å²) < 4.78 is 25.6. The summed E-state index contributed by atoms with van der Waals surface area (Å²) in [5.41, 5.74) is 3.52. The van der Waals surface area contributed by atoms with Gasteiger partial charge in [0.15, 0.2) is 11.5 Å². The summed E-state index contributed by atoms with van der Waals surface area (Å²) in [6.45, 7) is 11.1. The Morgan fingerprint density at radius 1 is 1.05 bits per heavy atom. The molecule has 1 fully saturated rings. The van der Waals surface area contributed by atoms with Gasteiger partial charge in [0.1, 0.15) is 13.2 Å². The number of fused-ring (bicyclic) bond motifs is 2. The molecule has 0 spiro atoms. The second kappa shape index (κ2) is 13.1. The first-order chi connectivity index (χ1) is 20.0. The molecule has 41 heavy (non-hydrogen) atoms. The maximum atomic E-state index is 13.4. The molecule has 0 saturated carbocycles. The molecular formula is C30H37N5O6. The zero-order chi connectivity index (χ0) is 28.8. The molecule has 218 valence electrons. The highest BCUT2D eigenvalue weighted by Crippen LogP contribution is 2.41. The minimum atomic E-state index is -0.294. The van der Waals surface area contributed by atoms with Gasteiger partial charge in [0, 0.05) is 42.2 Å². The number of pyridine rings is 1. The fourth-order valence-corrected chi connectivity index (χ4v) is 5.39. The van der Waals surface area contributed by atoms with Gasteiger partial charge in [0.05, 0.1) is 43.5 Å². The lowest BCUT2D eigenvalue weighted by molar-refractivity contribution is -0.126. The lowest BCUT2D eigenvalue weighted by Crippen LogP contribution is -2.34. The molecule has 11 heteroatoms. The van der Waals surface area contributed by atoms with Crippen LogP contribution in [0.15, 0.2) is 37.1 Å². The van der Waals surface area contributed by atoms with Crippen LogP contribution in [0.1, 0.15) is 46.9 Å². The van der Waals surface area contributed by atoms with Crippen molar-refractivity contribution in [1.29, 1.82) is 0 Å². The summed E-state index contributed by atoms with van der Waals surface area (Å²) in [6, 6.07) is 5.11. The molecule has 2 aliphatic heterocycles. The number of nitrogens with zero attached hydrogens (tertiary/aromatic N) is 4. The number of carbonyl (C=O) groups is 2. The Balaban J connectivity index is 1.62. The number of imidazole rings is 1. The van der Waals surface area contributed by atoms with E-state index < -0.39 is 0 Å². The first-order valence-corrected chi connectivity index (χ1v) is 14.1. The van der Waals surface area contributed by atoms with Gasteiger partial charge >= 0.3 is 0 Å². The number of aryl methyl sites for hydroxylation is 2. The predicted molar refractivity (Wildman–Crippen MR) is 154 cm³/mol. The van der Waals surface area contributed by atoms with E-state index in [0.717, 1.165) is 36.0 Å². The monoisotopic (exact) mass is 563 g/mol. The number of carbonyl (C=O) groups excluding carboxylic acids is 2. The number of nitrogens with one attached hydrogen (secondary N) is 1. The number of anilines is 1. The predicted octanol–water partition coefficient (Wildman–Crippen LogP) is 3.84. The van der Waals surface area contributed by atoms with Crippen LogP contribution < -0.4 is 14.8 Å². The summed E-state index contributed by atoms with van der Waals surface area (Å²) in [6.07, 6.45) is 5.57. The molecule has 0 bridgehead atoms. The Labute approximate surface area is 239 Å². The van der Waals surface area contributed by atoms with Gasteiger partial charge in [-0.3, -0.25) is 19.9 Å². The van der Waals surface area contributed by atoms with Crippen molar-refractivity contribution in [3.63, 3.8) is 0 Å². The summed E-state index contributed by atoms with van der Waals surface area (Å²) in [7, 11) is 0. The molecule has 2 amide bonds. The average Bonchev–Trinajstić information content (AvgIpc) is 3.14. The van der Waals surface area contributed by atoms with Crippen LogP contribution in [0, 0.1) is 13.8 Å². The fourth-order valence-electron chi connectivity index (χ4n) is 5.39. The van der Waals surface area contributed by atoms with E-state index in [9.17, 15) is 9.59 Å². The van der Waals surface area contributed by atoms with Crippen LogP contribution in [-0.2, 0) is 14.3 Å². The van der Waals surface area contributed by atoms with E-state index in [0.29, 0.717) is 81.3 Å². The van der Waals surface area contributed by atoms with Gasteiger partial charge in [-0.05, 0) is 51.3 Å². The van der Waals surface area contributed by atoms with E-state index in [4.69, 9.17) is 23.9 Å². The van der Waals surface area contributed by atoms with Crippen LogP contribution in [0.3, 0.4) is 0 Å². The summed E-state index contributed by atoms with van der Waals surface area (Å²) >= 11 is 0. The first kappa shape index (κ1) is 28.6. The molecule has 1 saturated heterocycles. The van der Waals surface area contributed by atoms with Crippen molar-refractivity contribution in [3.8, 4) is 11.5 Å². The van der Waals surface area contributed by atoms with Gasteiger partial charge in [-0.25, -0.2) is 4.98 Å². The Kier molecular flexibility index (Phi) is 9.15. The maximum Gasteiger partial charge on any atom is 0.258 e. The van der Waals surface area contributed by atoms with Crippen molar-refractivity contribution in [2.45, 2.75) is 39.2 Å². The number of rotatable bonds is 4. The maximum absolute atomic E-state index is 13.4. The van der Waals surface area contributed by atoms with Crippen LogP contribution in [0.4, 0.5) is 5.95 Å². The van der Waals surface area contributed by atoms with E-state index in [1.807, 2.05) is 29.4 Å². The average molecular weight is 564 g/mol. The molecule has 2 aromatic heterocycles. The number of amides is 2. The topological polar surface area (TPSA) is 117 Å². The third-order valence-electron chi connectivity index (χ3n) is 7.34. The van der Waals surface area contributed by atoms with Gasteiger partial charge < -0.3 is 28.4 Å². The normalized spacial score (nSPS) is 18.6. The second-order valence-electron chi connectivity index (χ2n) is 10.2. The summed E-state index contributed by atoms with van der Waals surface area (Å²) in [4.78, 5) is 37.0. The Morgan fingerprint density at radius 2 is 1.80 bits per heavy atom. The Hall–Kier alpha value is -3.96. The number of hydrogen-bond donors (Lipinski definition) is 1. The molecule has 2 aliphatic rings. The molecule has 1 atom stereocenters. The van der Waals surface area contributed by atoms with Crippen LogP contribution in [-0.4, -0.2) is 84.0 Å². The number of ether oxygens (including phenoxy) is 4. The van der Waals surface area contributed by atoms with Crippen LogP contribution in [0.5, 0.6) is 11.5 Å². The summed E-state index contributed by atoms with van der Waals surface area (Å²) in [5.74, 6) is 1.14. The van der Waals surface area contributed by atoms with E-state index in [1.165, 1.54) is 6.08 Å². The first-order valence-electron chi connectivity index (χ1n) is 14.1. The third kappa shape index (κ3) is 6.52. The SMILES string of the molecule is C=CC(=O)N1CCCCC(n2c(NC(=O)c3ccnc(C)c3)nc3cc4c(c(C)c32)OCCOCCOCCO4)C1. The zero-order valence-corrected chi connectivity index (χ0v) is 23.7. The lowest BCUT2D eigenvalue weighted by atomic mass is 10.1. The molecule has 1 aromatic carbocycles. The number of hydrogen-bond acceptors (Lipinski definition) is 8. The Bertz CT molecular complexity index is 1420. The van der Waals surface area contributed by atoms with Gasteiger partial charge in [-0.1, -0.05) is 6.58 Å². The smallest absolute Gasteiger partial charge is 0.258 e. The van der Waals surface area contributed by atoms with Gasteiger partial charge in [-0.15, -0.1) is 0 Å². The van der Waals surface area contributed by atoms with E-state index in [-0.39, 0.29) is 17.9 Å². The molecule has 3 aromatic rings. The van der Waals surface area contributed by atoms with Gasteiger partial charge in [-0.2, -0.15) is 0 Å². The zero-order valence-electron chi connectivity index (χ0n) is 23.7. The van der Waals surface area contributed by atoms with Crippen molar-refractivity contribution in [3.05, 3.63) is 53.9 Å². The summed E-state index contributed by atoms with van der Waals surface area (Å²) in [5, 5.41) is 3.04. The van der Waals surface area contributed by atoms with Gasteiger partial charge in [0.25, 0.3) is 5.91 Å². The highest BCUT2D eigenvalue weighted by atomic mass is 16.6. The second-order valence-corrected chi connectivity index (χ2v) is 10.2. The third-order valence-corrected chi connectivity index (χ3v) is 7.34. The van der Waals surface area contributed by atoms with Gasteiger partial charge in [0.2, 0.25) is 11.9 Å². The molecule has 1 unspecified atom stereocenters. The molecule has 1 N–H and O–H groups in total. The van der Waals surface area contributed by atoms with Crippen LogP contribution >= 0.6 is 0 Å². The van der Waals surface area contributed by atoms with Crippen molar-refractivity contribution in [2.75, 3.05) is 58.0 Å². The lowest BCUT2D eigenvalue weighted by Gasteiger charge is -2.27. The van der Waals surface area contributed by atoms with Crippen LogP contribution in [0.2, 0.25) is 0 Å². The molecule has 11 nitrogen and oxygen atoms in total.